The van der Waals surface area contributed by atoms with Crippen molar-refractivity contribution in [3.63, 3.8) is 0 Å². The number of hydrogen-bond donors (Lipinski definition) is 0. The van der Waals surface area contributed by atoms with Crippen LogP contribution in [0.5, 0.6) is 0 Å². The minimum atomic E-state index is 0.625. The minimum absolute atomic E-state index is 0.625. The third-order valence-corrected chi connectivity index (χ3v) is 9.32. The van der Waals surface area contributed by atoms with Crippen molar-refractivity contribution in [3.05, 3.63) is 194 Å². The van der Waals surface area contributed by atoms with Gasteiger partial charge in [-0.1, -0.05) is 159 Å². The van der Waals surface area contributed by atoms with E-state index in [2.05, 4.69) is 98.1 Å². The molecule has 2 heterocycles. The zero-order valence-corrected chi connectivity index (χ0v) is 29.4. The Kier molecular flexibility index (Phi) is 9.31. The highest BCUT2D eigenvalue weighted by Crippen LogP contribution is 2.34. The number of rotatable bonds is 9. The quantitative estimate of drug-likeness (QED) is 0.151. The summed E-state index contributed by atoms with van der Waals surface area (Å²) in [5.74, 6) is 0.674. The summed E-state index contributed by atoms with van der Waals surface area (Å²) in [4.78, 5) is 20.0. The second-order valence-electron chi connectivity index (χ2n) is 12.7. The van der Waals surface area contributed by atoms with Crippen LogP contribution in [0.15, 0.2) is 177 Å². The molecule has 0 radical (unpaired) electrons. The van der Waals surface area contributed by atoms with E-state index in [1.165, 1.54) is 0 Å². The first-order chi connectivity index (χ1) is 26.6. The van der Waals surface area contributed by atoms with E-state index in [0.717, 1.165) is 72.8 Å². The van der Waals surface area contributed by atoms with Crippen molar-refractivity contribution in [2.24, 2.45) is 0 Å². The molecular weight excluding hydrogens is 659 g/mol. The smallest absolute Gasteiger partial charge is 0.160 e. The van der Waals surface area contributed by atoms with Gasteiger partial charge in [0.2, 0.25) is 0 Å². The Morgan fingerprint density at radius 3 is 1.24 bits per heavy atom. The molecule has 5 heteroatoms. The first-order valence-electron chi connectivity index (χ1n) is 17.6. The van der Waals surface area contributed by atoms with Gasteiger partial charge in [-0.25, -0.2) is 19.9 Å². The zero-order chi connectivity index (χ0) is 36.9. The topological polar surface area (TPSA) is 75.3 Å². The van der Waals surface area contributed by atoms with Crippen LogP contribution >= 0.6 is 0 Å². The highest BCUT2D eigenvalue weighted by molar-refractivity contribution is 5.83. The molecule has 0 aliphatic rings. The van der Waals surface area contributed by atoms with Crippen LogP contribution in [0.2, 0.25) is 0 Å². The fraction of sp³-hybridized carbons (Fsp3) is 0. The van der Waals surface area contributed by atoms with Gasteiger partial charge in [-0.15, -0.1) is 0 Å². The Morgan fingerprint density at radius 1 is 0.389 bits per heavy atom. The Labute approximate surface area is 315 Å². The van der Waals surface area contributed by atoms with Gasteiger partial charge in [0.1, 0.15) is 0 Å². The molecule has 8 rings (SSSR count). The molecule has 8 aromatic rings. The highest BCUT2D eigenvalue weighted by atomic mass is 14.9. The van der Waals surface area contributed by atoms with Crippen molar-refractivity contribution < 1.29 is 0 Å². The second-order valence-corrected chi connectivity index (χ2v) is 12.7. The van der Waals surface area contributed by atoms with Gasteiger partial charge in [-0.3, -0.25) is 0 Å². The molecule has 0 atom stereocenters. The van der Waals surface area contributed by atoms with Gasteiger partial charge < -0.3 is 0 Å². The van der Waals surface area contributed by atoms with Crippen molar-refractivity contribution >= 4 is 12.2 Å². The van der Waals surface area contributed by atoms with E-state index in [-0.39, 0.29) is 0 Å². The summed E-state index contributed by atoms with van der Waals surface area (Å²) in [5, 5.41) is 9.37. The standard InChI is InChI=1S/C49H33N5/c1-3-43-44(4-2)52-48(40-26-20-36(21-27-40)42-17-11-12-33(30-42)32-50)47(51-43)39-24-18-34(19-25-39)35-22-28-41(29-23-35)49-53-45(37-13-7-5-8-14-37)31-46(54-49)38-15-9-6-10-16-38/h3-31H,1-2H2. The van der Waals surface area contributed by atoms with Crippen LogP contribution in [-0.2, 0) is 0 Å². The van der Waals surface area contributed by atoms with E-state index in [0.29, 0.717) is 22.8 Å². The Bertz CT molecular complexity index is 2600. The molecule has 0 aliphatic carbocycles. The van der Waals surface area contributed by atoms with Crippen LogP contribution in [0.25, 0.3) is 90.8 Å². The fourth-order valence-corrected chi connectivity index (χ4v) is 6.48. The summed E-state index contributed by atoms with van der Waals surface area (Å²) in [6.07, 6.45) is 3.41. The molecule has 0 spiro atoms. The fourth-order valence-electron chi connectivity index (χ4n) is 6.48. The van der Waals surface area contributed by atoms with Crippen molar-refractivity contribution in [1.82, 2.24) is 19.9 Å². The van der Waals surface area contributed by atoms with Crippen LogP contribution < -0.4 is 0 Å². The second kappa shape index (κ2) is 15.0. The zero-order valence-electron chi connectivity index (χ0n) is 29.4. The number of benzene rings is 6. The van der Waals surface area contributed by atoms with Gasteiger partial charge in [0, 0.05) is 27.8 Å². The third-order valence-electron chi connectivity index (χ3n) is 9.32. The first kappa shape index (κ1) is 33.6. The van der Waals surface area contributed by atoms with Gasteiger partial charge in [0.05, 0.1) is 45.8 Å². The summed E-state index contributed by atoms with van der Waals surface area (Å²) < 4.78 is 0. The van der Waals surface area contributed by atoms with Gasteiger partial charge in [-0.05, 0) is 52.6 Å². The SMILES string of the molecule is C=Cc1nc(-c2ccc(-c3ccc(-c4nc(-c5ccccc5)cc(-c5ccccc5)n4)cc3)cc2)c(-c2ccc(-c3cccc(C#N)c3)cc2)nc1C=C. The maximum Gasteiger partial charge on any atom is 0.160 e. The summed E-state index contributed by atoms with van der Waals surface area (Å²) in [6, 6.07) is 57.2. The Hall–Kier alpha value is -7.55. The minimum Gasteiger partial charge on any atom is -0.244 e. The average molecular weight is 692 g/mol. The Morgan fingerprint density at radius 2 is 0.796 bits per heavy atom. The predicted molar refractivity (Wildman–Crippen MR) is 221 cm³/mol. The molecule has 0 N–H and O–H groups in total. The number of hydrogen-bond acceptors (Lipinski definition) is 5. The largest absolute Gasteiger partial charge is 0.244 e. The van der Waals surface area contributed by atoms with Crippen LogP contribution in [0.4, 0.5) is 0 Å². The number of aromatic nitrogens is 4. The van der Waals surface area contributed by atoms with E-state index in [9.17, 15) is 5.26 Å². The molecule has 0 fully saturated rings. The first-order valence-corrected chi connectivity index (χ1v) is 17.6. The summed E-state index contributed by atoms with van der Waals surface area (Å²) in [5.41, 5.74) is 14.2. The van der Waals surface area contributed by atoms with Crippen molar-refractivity contribution in [3.8, 4) is 84.7 Å². The molecule has 0 saturated carbocycles. The molecule has 254 valence electrons. The van der Waals surface area contributed by atoms with Crippen molar-refractivity contribution in [1.29, 1.82) is 5.26 Å². The average Bonchev–Trinajstić information content (AvgIpc) is 3.26. The lowest BCUT2D eigenvalue weighted by molar-refractivity contribution is 1.17. The monoisotopic (exact) mass is 691 g/mol. The van der Waals surface area contributed by atoms with Gasteiger partial charge in [0.25, 0.3) is 0 Å². The van der Waals surface area contributed by atoms with E-state index in [1.807, 2.05) is 78.9 Å². The lowest BCUT2D eigenvalue weighted by atomic mass is 9.97. The van der Waals surface area contributed by atoms with Gasteiger partial charge in [-0.2, -0.15) is 5.26 Å². The molecular formula is C49H33N5. The van der Waals surface area contributed by atoms with Crippen LogP contribution in [0, 0.1) is 11.3 Å². The Balaban J connectivity index is 1.11. The molecule has 5 nitrogen and oxygen atoms in total. The van der Waals surface area contributed by atoms with E-state index >= 15 is 0 Å². The molecule has 0 saturated heterocycles. The molecule has 0 unspecified atom stereocenters. The predicted octanol–water partition coefficient (Wildman–Crippen LogP) is 12.1. The normalized spacial score (nSPS) is 10.7. The van der Waals surface area contributed by atoms with E-state index in [1.54, 1.807) is 18.2 Å². The molecule has 0 aliphatic heterocycles. The molecule has 6 aromatic carbocycles. The third kappa shape index (κ3) is 6.88. The van der Waals surface area contributed by atoms with Gasteiger partial charge in [0.15, 0.2) is 5.82 Å². The number of nitrogens with zero attached hydrogens (tertiary/aromatic N) is 5. The molecule has 0 amide bonds. The maximum absolute atomic E-state index is 9.37. The highest BCUT2D eigenvalue weighted by Gasteiger charge is 2.16. The molecule has 2 aromatic heterocycles. The maximum atomic E-state index is 9.37. The van der Waals surface area contributed by atoms with E-state index in [4.69, 9.17) is 19.9 Å². The number of nitriles is 1. The van der Waals surface area contributed by atoms with Crippen LogP contribution in [-0.4, -0.2) is 19.9 Å². The van der Waals surface area contributed by atoms with Gasteiger partial charge >= 0.3 is 0 Å². The summed E-state index contributed by atoms with van der Waals surface area (Å²) in [7, 11) is 0. The molecule has 0 bridgehead atoms. The van der Waals surface area contributed by atoms with Crippen LogP contribution in [0.3, 0.4) is 0 Å². The van der Waals surface area contributed by atoms with E-state index < -0.39 is 0 Å². The van der Waals surface area contributed by atoms with Crippen molar-refractivity contribution in [2.75, 3.05) is 0 Å². The summed E-state index contributed by atoms with van der Waals surface area (Å²) in [6.45, 7) is 7.95. The lowest BCUT2D eigenvalue weighted by Crippen LogP contribution is -2.00. The van der Waals surface area contributed by atoms with Crippen LogP contribution in [0.1, 0.15) is 17.0 Å². The lowest BCUT2D eigenvalue weighted by Gasteiger charge is -2.13. The molecule has 54 heavy (non-hydrogen) atoms. The summed E-state index contributed by atoms with van der Waals surface area (Å²) >= 11 is 0. The van der Waals surface area contributed by atoms with Crippen molar-refractivity contribution in [2.45, 2.75) is 0 Å².